The average Bonchev–Trinajstić information content (AvgIpc) is 2.95. The summed E-state index contributed by atoms with van der Waals surface area (Å²) in [7, 11) is 1.73. The minimum atomic E-state index is -1.03. The highest BCUT2D eigenvalue weighted by molar-refractivity contribution is 5.84. The SMILES string of the molecule is COC1CCC(NCc2ccc(C(=O)O)o2)C1. The van der Waals surface area contributed by atoms with Gasteiger partial charge in [0.15, 0.2) is 0 Å². The summed E-state index contributed by atoms with van der Waals surface area (Å²) in [5.74, 6) is -0.386. The van der Waals surface area contributed by atoms with E-state index in [0.717, 1.165) is 19.3 Å². The van der Waals surface area contributed by atoms with E-state index in [2.05, 4.69) is 5.32 Å². The molecule has 0 amide bonds. The van der Waals surface area contributed by atoms with E-state index in [1.54, 1.807) is 13.2 Å². The van der Waals surface area contributed by atoms with Gasteiger partial charge in [-0.2, -0.15) is 0 Å². The van der Waals surface area contributed by atoms with Crippen molar-refractivity contribution in [3.63, 3.8) is 0 Å². The van der Waals surface area contributed by atoms with E-state index in [1.807, 2.05) is 0 Å². The molecule has 94 valence electrons. The lowest BCUT2D eigenvalue weighted by Gasteiger charge is -2.11. The maximum atomic E-state index is 10.6. The van der Waals surface area contributed by atoms with Gasteiger partial charge in [0.1, 0.15) is 5.76 Å². The van der Waals surface area contributed by atoms with Crippen LogP contribution in [0.2, 0.25) is 0 Å². The van der Waals surface area contributed by atoms with Gasteiger partial charge in [-0.25, -0.2) is 4.79 Å². The summed E-state index contributed by atoms with van der Waals surface area (Å²) in [5, 5.41) is 12.1. The van der Waals surface area contributed by atoms with Crippen molar-refractivity contribution in [2.45, 2.75) is 38.0 Å². The Labute approximate surface area is 99.8 Å². The van der Waals surface area contributed by atoms with Crippen LogP contribution in [0.3, 0.4) is 0 Å². The Morgan fingerprint density at radius 3 is 3.00 bits per heavy atom. The van der Waals surface area contributed by atoms with Gasteiger partial charge in [0.25, 0.3) is 0 Å². The molecule has 1 aliphatic rings. The van der Waals surface area contributed by atoms with Crippen molar-refractivity contribution in [1.29, 1.82) is 0 Å². The topological polar surface area (TPSA) is 71.7 Å². The number of hydrogen-bond donors (Lipinski definition) is 2. The van der Waals surface area contributed by atoms with Crippen molar-refractivity contribution in [3.8, 4) is 0 Å². The summed E-state index contributed by atoms with van der Waals surface area (Å²) < 4.78 is 10.5. The Kier molecular flexibility index (Phi) is 3.81. The first kappa shape index (κ1) is 12.1. The summed E-state index contributed by atoms with van der Waals surface area (Å²) >= 11 is 0. The van der Waals surface area contributed by atoms with Gasteiger partial charge in [-0.05, 0) is 31.4 Å². The summed E-state index contributed by atoms with van der Waals surface area (Å²) in [6, 6.07) is 3.60. The second kappa shape index (κ2) is 5.33. The van der Waals surface area contributed by atoms with E-state index in [9.17, 15) is 4.79 Å². The van der Waals surface area contributed by atoms with Crippen molar-refractivity contribution in [1.82, 2.24) is 5.32 Å². The third-order valence-electron chi connectivity index (χ3n) is 3.16. The molecular weight excluding hydrogens is 222 g/mol. The molecule has 0 spiro atoms. The molecule has 2 rings (SSSR count). The summed E-state index contributed by atoms with van der Waals surface area (Å²) in [4.78, 5) is 10.6. The monoisotopic (exact) mass is 239 g/mol. The van der Waals surface area contributed by atoms with Crippen molar-refractivity contribution in [2.75, 3.05) is 7.11 Å². The van der Waals surface area contributed by atoms with Crippen LogP contribution >= 0.6 is 0 Å². The molecule has 0 aromatic carbocycles. The molecule has 17 heavy (non-hydrogen) atoms. The maximum absolute atomic E-state index is 10.6. The molecule has 2 atom stereocenters. The Balaban J connectivity index is 1.80. The molecule has 1 aliphatic carbocycles. The van der Waals surface area contributed by atoms with Gasteiger partial charge in [-0.1, -0.05) is 0 Å². The molecule has 0 bridgehead atoms. The normalized spacial score (nSPS) is 24.1. The van der Waals surface area contributed by atoms with Gasteiger partial charge in [0.05, 0.1) is 12.6 Å². The Hall–Kier alpha value is -1.33. The number of methoxy groups -OCH3 is 1. The second-order valence-electron chi connectivity index (χ2n) is 4.32. The van der Waals surface area contributed by atoms with Gasteiger partial charge in [0, 0.05) is 13.2 Å². The van der Waals surface area contributed by atoms with Crippen molar-refractivity contribution in [3.05, 3.63) is 23.7 Å². The fourth-order valence-electron chi connectivity index (χ4n) is 2.17. The molecule has 0 radical (unpaired) electrons. The Morgan fingerprint density at radius 2 is 2.41 bits per heavy atom. The number of aromatic carboxylic acids is 1. The third kappa shape index (κ3) is 3.08. The smallest absolute Gasteiger partial charge is 0.371 e. The van der Waals surface area contributed by atoms with E-state index < -0.39 is 5.97 Å². The minimum absolute atomic E-state index is 0.0111. The van der Waals surface area contributed by atoms with E-state index in [4.69, 9.17) is 14.3 Å². The minimum Gasteiger partial charge on any atom is -0.475 e. The number of carbonyl (C=O) groups is 1. The molecule has 1 aromatic heterocycles. The van der Waals surface area contributed by atoms with Crippen molar-refractivity contribution < 1.29 is 19.1 Å². The van der Waals surface area contributed by atoms with Crippen molar-refractivity contribution >= 4 is 5.97 Å². The zero-order valence-electron chi connectivity index (χ0n) is 9.81. The van der Waals surface area contributed by atoms with Crippen LogP contribution in [0.15, 0.2) is 16.5 Å². The molecule has 2 unspecified atom stereocenters. The van der Waals surface area contributed by atoms with Crippen molar-refractivity contribution in [2.24, 2.45) is 0 Å². The summed E-state index contributed by atoms with van der Waals surface area (Å²) in [5.41, 5.74) is 0. The molecule has 1 heterocycles. The fourth-order valence-corrected chi connectivity index (χ4v) is 2.17. The first-order valence-electron chi connectivity index (χ1n) is 5.77. The highest BCUT2D eigenvalue weighted by Gasteiger charge is 2.24. The second-order valence-corrected chi connectivity index (χ2v) is 4.32. The number of carboxylic acid groups (broad SMARTS) is 1. The predicted octanol–water partition coefficient (Wildman–Crippen LogP) is 1.63. The number of rotatable bonds is 5. The molecule has 0 aliphatic heterocycles. The van der Waals surface area contributed by atoms with Gasteiger partial charge >= 0.3 is 5.97 Å². The summed E-state index contributed by atoms with van der Waals surface area (Å²) in [6.07, 6.45) is 3.51. The van der Waals surface area contributed by atoms with Crippen LogP contribution < -0.4 is 5.32 Å². The molecule has 5 nitrogen and oxygen atoms in total. The average molecular weight is 239 g/mol. The quantitative estimate of drug-likeness (QED) is 0.817. The molecule has 1 saturated carbocycles. The Bertz CT molecular complexity index is 388. The van der Waals surface area contributed by atoms with E-state index >= 15 is 0 Å². The van der Waals surface area contributed by atoms with Gasteiger partial charge in [-0.15, -0.1) is 0 Å². The van der Waals surface area contributed by atoms with Crippen LogP contribution in [0, 0.1) is 0 Å². The molecule has 2 N–H and O–H groups in total. The highest BCUT2D eigenvalue weighted by atomic mass is 16.5. The standard InChI is InChI=1S/C12H17NO4/c1-16-9-3-2-8(6-9)13-7-10-4-5-11(17-10)12(14)15/h4-5,8-9,13H,2-3,6-7H2,1H3,(H,14,15). The Morgan fingerprint density at radius 1 is 1.59 bits per heavy atom. The number of furan rings is 1. The van der Waals surface area contributed by atoms with Crippen LogP contribution in [-0.4, -0.2) is 30.3 Å². The van der Waals surface area contributed by atoms with Gasteiger partial charge in [-0.3, -0.25) is 0 Å². The van der Waals surface area contributed by atoms with Crippen LogP contribution in [0.1, 0.15) is 35.6 Å². The highest BCUT2D eigenvalue weighted by Crippen LogP contribution is 2.21. The first-order valence-corrected chi connectivity index (χ1v) is 5.77. The molecule has 0 saturated heterocycles. The molecule has 1 fully saturated rings. The number of carboxylic acids is 1. The lowest BCUT2D eigenvalue weighted by Crippen LogP contribution is -2.26. The first-order chi connectivity index (χ1) is 8.19. The zero-order valence-corrected chi connectivity index (χ0v) is 9.81. The fraction of sp³-hybridized carbons (Fsp3) is 0.583. The van der Waals surface area contributed by atoms with Gasteiger partial charge < -0.3 is 19.6 Å². The predicted molar refractivity (Wildman–Crippen MR) is 60.9 cm³/mol. The van der Waals surface area contributed by atoms with Crippen LogP contribution in [-0.2, 0) is 11.3 Å². The molecule has 5 heteroatoms. The van der Waals surface area contributed by atoms with E-state index in [1.165, 1.54) is 6.07 Å². The number of nitrogens with one attached hydrogen (secondary N) is 1. The van der Waals surface area contributed by atoms with E-state index in [0.29, 0.717) is 24.5 Å². The lowest BCUT2D eigenvalue weighted by molar-refractivity contribution is 0.0660. The summed E-state index contributed by atoms with van der Waals surface area (Å²) in [6.45, 7) is 0.564. The third-order valence-corrected chi connectivity index (χ3v) is 3.16. The van der Waals surface area contributed by atoms with Crippen LogP contribution in [0.4, 0.5) is 0 Å². The number of ether oxygens (including phenoxy) is 1. The van der Waals surface area contributed by atoms with Crippen LogP contribution in [0.5, 0.6) is 0 Å². The number of hydrogen-bond acceptors (Lipinski definition) is 4. The van der Waals surface area contributed by atoms with Gasteiger partial charge in [0.2, 0.25) is 5.76 Å². The molecule has 1 aromatic rings. The van der Waals surface area contributed by atoms with Crippen LogP contribution in [0.25, 0.3) is 0 Å². The van der Waals surface area contributed by atoms with E-state index in [-0.39, 0.29) is 5.76 Å². The lowest BCUT2D eigenvalue weighted by atomic mass is 10.2. The maximum Gasteiger partial charge on any atom is 0.371 e. The zero-order chi connectivity index (χ0) is 12.3. The molecular formula is C12H17NO4. The largest absolute Gasteiger partial charge is 0.475 e.